The summed E-state index contributed by atoms with van der Waals surface area (Å²) in [6.45, 7) is 6.07. The minimum absolute atomic E-state index is 0.00581. The van der Waals surface area contributed by atoms with Crippen LogP contribution < -0.4 is 9.80 Å². The average molecular weight is 410 g/mol. The number of piperazine rings is 1. The van der Waals surface area contributed by atoms with Crippen molar-refractivity contribution in [2.75, 3.05) is 49.1 Å². The Balaban J connectivity index is 1.48. The molecule has 0 saturated carbocycles. The van der Waals surface area contributed by atoms with Gasteiger partial charge >= 0.3 is 0 Å². The van der Waals surface area contributed by atoms with Crippen molar-refractivity contribution in [2.45, 2.75) is 19.8 Å². The van der Waals surface area contributed by atoms with Crippen LogP contribution in [0, 0.1) is 16.0 Å². The zero-order valence-electron chi connectivity index (χ0n) is 17.1. The summed E-state index contributed by atoms with van der Waals surface area (Å²) in [4.78, 5) is 38.7. The Morgan fingerprint density at radius 1 is 1.10 bits per heavy atom. The van der Waals surface area contributed by atoms with Gasteiger partial charge in [0.25, 0.3) is 11.6 Å². The van der Waals surface area contributed by atoms with Crippen LogP contribution in [0.3, 0.4) is 0 Å². The van der Waals surface area contributed by atoms with Gasteiger partial charge in [0.15, 0.2) is 0 Å². The van der Waals surface area contributed by atoms with E-state index in [-0.39, 0.29) is 16.5 Å². The molecule has 0 bridgehead atoms. The third-order valence-electron chi connectivity index (χ3n) is 5.82. The molecule has 158 valence electrons. The van der Waals surface area contributed by atoms with Crippen molar-refractivity contribution >= 4 is 23.2 Å². The Bertz CT molecular complexity index is 914. The lowest BCUT2D eigenvalue weighted by atomic mass is 9.99. The van der Waals surface area contributed by atoms with E-state index in [9.17, 15) is 14.9 Å². The Kier molecular flexibility index (Phi) is 5.78. The summed E-state index contributed by atoms with van der Waals surface area (Å²) in [6, 6.07) is 6.65. The molecule has 4 rings (SSSR count). The van der Waals surface area contributed by atoms with E-state index in [1.807, 2.05) is 4.90 Å². The zero-order valence-corrected chi connectivity index (χ0v) is 17.1. The molecule has 2 aliphatic heterocycles. The Morgan fingerprint density at radius 2 is 1.83 bits per heavy atom. The van der Waals surface area contributed by atoms with E-state index in [4.69, 9.17) is 0 Å². The molecule has 1 atom stereocenters. The number of hydrogen-bond acceptors (Lipinski definition) is 7. The second kappa shape index (κ2) is 8.64. The summed E-state index contributed by atoms with van der Waals surface area (Å²) < 4.78 is 0. The highest BCUT2D eigenvalue weighted by molar-refractivity contribution is 5.96. The molecule has 0 unspecified atom stereocenters. The van der Waals surface area contributed by atoms with Crippen LogP contribution in [0.5, 0.6) is 0 Å². The molecule has 0 radical (unpaired) electrons. The SMILES string of the molecule is C[C@@H]1CCCN(c2ccc(C(=O)N3CCN(c4ncccn4)CC3)cc2[N+](=O)[O-])C1. The first kappa shape index (κ1) is 20.1. The van der Waals surface area contributed by atoms with Gasteiger partial charge in [0.2, 0.25) is 5.95 Å². The van der Waals surface area contributed by atoms with Crippen molar-refractivity contribution in [1.82, 2.24) is 14.9 Å². The summed E-state index contributed by atoms with van der Waals surface area (Å²) in [5, 5.41) is 11.7. The van der Waals surface area contributed by atoms with Gasteiger partial charge in [-0.15, -0.1) is 0 Å². The van der Waals surface area contributed by atoms with Crippen molar-refractivity contribution in [3.8, 4) is 0 Å². The van der Waals surface area contributed by atoms with Crippen LogP contribution in [-0.4, -0.2) is 65.0 Å². The molecule has 2 aromatic rings. The van der Waals surface area contributed by atoms with Crippen LogP contribution in [0.25, 0.3) is 0 Å². The fourth-order valence-electron chi connectivity index (χ4n) is 4.22. The van der Waals surface area contributed by atoms with Crippen LogP contribution in [0.1, 0.15) is 30.1 Å². The molecule has 0 spiro atoms. The quantitative estimate of drug-likeness (QED) is 0.565. The fraction of sp³-hybridized carbons (Fsp3) is 0.476. The average Bonchev–Trinajstić information content (AvgIpc) is 2.79. The van der Waals surface area contributed by atoms with E-state index >= 15 is 0 Å². The molecule has 2 fully saturated rings. The number of carbonyl (C=O) groups excluding carboxylic acids is 1. The largest absolute Gasteiger partial charge is 0.366 e. The number of piperidine rings is 1. The van der Waals surface area contributed by atoms with Crippen molar-refractivity contribution in [2.24, 2.45) is 5.92 Å². The van der Waals surface area contributed by atoms with Crippen molar-refractivity contribution in [1.29, 1.82) is 0 Å². The van der Waals surface area contributed by atoms with Crippen LogP contribution in [0.4, 0.5) is 17.3 Å². The lowest BCUT2D eigenvalue weighted by Crippen LogP contribution is -2.49. The van der Waals surface area contributed by atoms with E-state index in [0.29, 0.717) is 49.3 Å². The van der Waals surface area contributed by atoms with Gasteiger partial charge in [-0.25, -0.2) is 9.97 Å². The maximum Gasteiger partial charge on any atom is 0.293 e. The molecule has 1 aromatic carbocycles. The number of nitro groups is 1. The first-order chi connectivity index (χ1) is 14.5. The number of nitrogens with zero attached hydrogens (tertiary/aromatic N) is 6. The lowest BCUT2D eigenvalue weighted by Gasteiger charge is -2.35. The molecule has 9 nitrogen and oxygen atoms in total. The number of anilines is 2. The second-order valence-electron chi connectivity index (χ2n) is 7.98. The van der Waals surface area contributed by atoms with Gasteiger partial charge < -0.3 is 14.7 Å². The fourth-order valence-corrected chi connectivity index (χ4v) is 4.22. The highest BCUT2D eigenvalue weighted by atomic mass is 16.6. The van der Waals surface area contributed by atoms with E-state index in [0.717, 1.165) is 25.9 Å². The topological polar surface area (TPSA) is 95.7 Å². The maximum absolute atomic E-state index is 13.0. The molecule has 2 saturated heterocycles. The summed E-state index contributed by atoms with van der Waals surface area (Å²) in [7, 11) is 0. The van der Waals surface area contributed by atoms with Crippen LogP contribution in [0.15, 0.2) is 36.7 Å². The molecule has 1 amide bonds. The number of benzene rings is 1. The highest BCUT2D eigenvalue weighted by Crippen LogP contribution is 2.32. The number of hydrogen-bond donors (Lipinski definition) is 0. The third-order valence-corrected chi connectivity index (χ3v) is 5.82. The first-order valence-electron chi connectivity index (χ1n) is 10.4. The first-order valence-corrected chi connectivity index (χ1v) is 10.4. The molecule has 2 aliphatic rings. The summed E-state index contributed by atoms with van der Waals surface area (Å²) in [5.41, 5.74) is 0.973. The van der Waals surface area contributed by atoms with Crippen LogP contribution >= 0.6 is 0 Å². The molecule has 30 heavy (non-hydrogen) atoms. The van der Waals surface area contributed by atoms with E-state index < -0.39 is 0 Å². The zero-order chi connectivity index (χ0) is 21.1. The molecule has 1 aromatic heterocycles. The van der Waals surface area contributed by atoms with E-state index in [1.54, 1.807) is 35.5 Å². The van der Waals surface area contributed by atoms with Crippen LogP contribution in [-0.2, 0) is 0 Å². The standard InChI is InChI=1S/C21H26N6O3/c1-16-4-2-9-26(15-16)18-6-5-17(14-19(18)27(29)30)20(28)24-10-12-25(13-11-24)21-22-7-3-8-23-21/h3,5-8,14,16H,2,4,9-13,15H2,1H3/t16-/m1/s1. The molecular formula is C21H26N6O3. The van der Waals surface area contributed by atoms with Gasteiger partial charge in [-0.2, -0.15) is 0 Å². The molecule has 0 aliphatic carbocycles. The van der Waals surface area contributed by atoms with Gasteiger partial charge in [-0.1, -0.05) is 6.92 Å². The van der Waals surface area contributed by atoms with Gasteiger partial charge in [-0.3, -0.25) is 14.9 Å². The maximum atomic E-state index is 13.0. The number of aromatic nitrogens is 2. The minimum Gasteiger partial charge on any atom is -0.366 e. The van der Waals surface area contributed by atoms with E-state index in [2.05, 4.69) is 21.8 Å². The Morgan fingerprint density at radius 3 is 2.50 bits per heavy atom. The second-order valence-corrected chi connectivity index (χ2v) is 7.98. The Hall–Kier alpha value is -3.23. The summed E-state index contributed by atoms with van der Waals surface area (Å²) >= 11 is 0. The lowest BCUT2D eigenvalue weighted by molar-refractivity contribution is -0.384. The Labute approximate surface area is 175 Å². The highest BCUT2D eigenvalue weighted by Gasteiger charge is 2.28. The molecular weight excluding hydrogens is 384 g/mol. The molecule has 9 heteroatoms. The molecule has 0 N–H and O–H groups in total. The van der Waals surface area contributed by atoms with Crippen molar-refractivity contribution < 1.29 is 9.72 Å². The number of carbonyl (C=O) groups is 1. The van der Waals surface area contributed by atoms with Gasteiger partial charge in [0, 0.05) is 63.3 Å². The monoisotopic (exact) mass is 410 g/mol. The van der Waals surface area contributed by atoms with Gasteiger partial charge in [-0.05, 0) is 37.0 Å². The number of nitro benzene ring substituents is 1. The van der Waals surface area contributed by atoms with Crippen molar-refractivity contribution in [3.63, 3.8) is 0 Å². The number of amides is 1. The smallest absolute Gasteiger partial charge is 0.293 e. The third kappa shape index (κ3) is 4.19. The predicted octanol–water partition coefficient (Wildman–Crippen LogP) is 2.58. The normalized spacial score (nSPS) is 19.6. The summed E-state index contributed by atoms with van der Waals surface area (Å²) in [5.74, 6) is 0.982. The minimum atomic E-state index is -0.379. The van der Waals surface area contributed by atoms with Gasteiger partial charge in [0.05, 0.1) is 4.92 Å². The van der Waals surface area contributed by atoms with Gasteiger partial charge in [0.1, 0.15) is 5.69 Å². The molecule has 3 heterocycles. The summed E-state index contributed by atoms with van der Waals surface area (Å²) in [6.07, 6.45) is 5.56. The number of rotatable bonds is 4. The predicted molar refractivity (Wildman–Crippen MR) is 114 cm³/mol. The van der Waals surface area contributed by atoms with Crippen LogP contribution in [0.2, 0.25) is 0 Å². The van der Waals surface area contributed by atoms with Crippen molar-refractivity contribution in [3.05, 3.63) is 52.3 Å². The van der Waals surface area contributed by atoms with E-state index in [1.165, 1.54) is 6.07 Å².